The van der Waals surface area contributed by atoms with Crippen LogP contribution in [0.3, 0.4) is 0 Å². The van der Waals surface area contributed by atoms with E-state index in [0.717, 1.165) is 22.0 Å². The molecule has 0 bridgehead atoms. The Hall–Kier alpha value is -3.03. The number of benzene rings is 3. The number of halogens is 3. The van der Waals surface area contributed by atoms with Crippen LogP contribution >= 0.6 is 34.8 Å². The molecule has 204 valence electrons. The Kier molecular flexibility index (Phi) is 10.3. The number of methoxy groups -OCH3 is 1. The minimum atomic E-state index is -0.291. The summed E-state index contributed by atoms with van der Waals surface area (Å²) in [6.45, 7) is 1.62. The molecule has 0 aliphatic heterocycles. The first kappa shape index (κ1) is 29.0. The second-order valence-electron chi connectivity index (χ2n) is 9.25. The molecular formula is C30H30Cl3N3O3. The van der Waals surface area contributed by atoms with Crippen molar-refractivity contribution in [3.63, 3.8) is 0 Å². The minimum Gasteiger partial charge on any atom is -0.385 e. The summed E-state index contributed by atoms with van der Waals surface area (Å²) in [5.74, 6) is -0.447. The van der Waals surface area contributed by atoms with Gasteiger partial charge in [0, 0.05) is 61.0 Å². The van der Waals surface area contributed by atoms with Crippen LogP contribution in [0.15, 0.2) is 72.9 Å². The molecule has 0 saturated heterocycles. The lowest BCUT2D eigenvalue weighted by Gasteiger charge is -2.28. The molecule has 1 heterocycles. The SMILES string of the molecule is COCCCN(CC(=O)N(CCc1c[nH]c2ccccc12)Cc1ccc(Cl)cc1)C(=O)c1ccc(Cl)c(Cl)c1. The molecule has 4 rings (SSSR count). The van der Waals surface area contributed by atoms with Crippen LogP contribution in [0.25, 0.3) is 10.9 Å². The highest BCUT2D eigenvalue weighted by Gasteiger charge is 2.23. The zero-order chi connectivity index (χ0) is 27.8. The van der Waals surface area contributed by atoms with Crippen LogP contribution in [0.4, 0.5) is 0 Å². The zero-order valence-corrected chi connectivity index (χ0v) is 23.9. The van der Waals surface area contributed by atoms with Gasteiger partial charge in [-0.2, -0.15) is 0 Å². The third-order valence-corrected chi connectivity index (χ3v) is 7.51. The number of amides is 2. The Morgan fingerprint density at radius 1 is 0.897 bits per heavy atom. The molecule has 1 N–H and O–H groups in total. The lowest BCUT2D eigenvalue weighted by Crippen LogP contribution is -2.44. The fraction of sp³-hybridized carbons (Fsp3) is 0.267. The van der Waals surface area contributed by atoms with Crippen molar-refractivity contribution in [3.05, 3.63) is 105 Å². The van der Waals surface area contributed by atoms with E-state index < -0.39 is 0 Å². The van der Waals surface area contributed by atoms with E-state index in [1.54, 1.807) is 29.0 Å². The van der Waals surface area contributed by atoms with Crippen molar-refractivity contribution in [2.45, 2.75) is 19.4 Å². The zero-order valence-electron chi connectivity index (χ0n) is 21.6. The third-order valence-electron chi connectivity index (χ3n) is 6.52. The fourth-order valence-electron chi connectivity index (χ4n) is 4.42. The summed E-state index contributed by atoms with van der Waals surface area (Å²) < 4.78 is 5.18. The average Bonchev–Trinajstić information content (AvgIpc) is 3.35. The number of para-hydroxylation sites is 1. The molecule has 1 aromatic heterocycles. The van der Waals surface area contributed by atoms with Crippen molar-refractivity contribution in [1.82, 2.24) is 14.8 Å². The molecule has 0 aliphatic carbocycles. The molecular weight excluding hydrogens is 557 g/mol. The second kappa shape index (κ2) is 13.9. The van der Waals surface area contributed by atoms with Crippen molar-refractivity contribution in [2.24, 2.45) is 0 Å². The van der Waals surface area contributed by atoms with Crippen LogP contribution in [0.1, 0.15) is 27.9 Å². The average molecular weight is 587 g/mol. The van der Waals surface area contributed by atoms with Gasteiger partial charge in [-0.3, -0.25) is 9.59 Å². The van der Waals surface area contributed by atoms with Gasteiger partial charge in [-0.15, -0.1) is 0 Å². The minimum absolute atomic E-state index is 0.0791. The van der Waals surface area contributed by atoms with Crippen LogP contribution in [-0.2, 0) is 22.5 Å². The smallest absolute Gasteiger partial charge is 0.254 e. The highest BCUT2D eigenvalue weighted by molar-refractivity contribution is 6.42. The molecule has 0 unspecified atom stereocenters. The Morgan fingerprint density at radius 3 is 2.41 bits per heavy atom. The van der Waals surface area contributed by atoms with E-state index in [9.17, 15) is 9.59 Å². The maximum Gasteiger partial charge on any atom is 0.254 e. The lowest BCUT2D eigenvalue weighted by atomic mass is 10.1. The quantitative estimate of drug-likeness (QED) is 0.184. The first-order valence-electron chi connectivity index (χ1n) is 12.7. The van der Waals surface area contributed by atoms with Gasteiger partial charge in [0.05, 0.1) is 10.0 Å². The molecule has 0 radical (unpaired) electrons. The van der Waals surface area contributed by atoms with Crippen molar-refractivity contribution < 1.29 is 14.3 Å². The number of H-pyrrole nitrogens is 1. The molecule has 6 nitrogen and oxygen atoms in total. The fourth-order valence-corrected chi connectivity index (χ4v) is 4.85. The Morgan fingerprint density at radius 2 is 1.67 bits per heavy atom. The summed E-state index contributed by atoms with van der Waals surface area (Å²) in [4.78, 5) is 33.8. The molecule has 2 amide bonds. The summed E-state index contributed by atoms with van der Waals surface area (Å²) in [7, 11) is 1.61. The first-order valence-corrected chi connectivity index (χ1v) is 13.8. The molecule has 0 fully saturated rings. The normalized spacial score (nSPS) is 11.1. The number of ether oxygens (including phenoxy) is 1. The van der Waals surface area contributed by atoms with E-state index in [-0.39, 0.29) is 23.4 Å². The predicted molar refractivity (Wildman–Crippen MR) is 158 cm³/mol. The number of carbonyl (C=O) groups excluding carboxylic acids is 2. The summed E-state index contributed by atoms with van der Waals surface area (Å²) in [5.41, 5.74) is 3.51. The Bertz CT molecular complexity index is 1420. The van der Waals surface area contributed by atoms with Crippen LogP contribution in [0.2, 0.25) is 15.1 Å². The van der Waals surface area contributed by atoms with E-state index in [4.69, 9.17) is 39.5 Å². The maximum absolute atomic E-state index is 13.8. The standard InChI is InChI=1S/C30H30Cl3N3O3/c1-39-16-4-14-36(30(38)22-9-12-26(32)27(33)17-22)20-29(37)35(19-21-7-10-24(31)11-8-21)15-13-23-18-34-28-6-3-2-5-25(23)28/h2-3,5-12,17-18,34H,4,13-16,19-20H2,1H3. The Balaban J connectivity index is 1.55. The van der Waals surface area contributed by atoms with E-state index in [1.165, 1.54) is 6.07 Å². The number of aromatic amines is 1. The van der Waals surface area contributed by atoms with Crippen molar-refractivity contribution in [1.29, 1.82) is 0 Å². The highest BCUT2D eigenvalue weighted by Crippen LogP contribution is 2.24. The number of rotatable bonds is 12. The molecule has 9 heteroatoms. The summed E-state index contributed by atoms with van der Waals surface area (Å²) in [6, 6.07) is 20.3. The lowest BCUT2D eigenvalue weighted by molar-refractivity contribution is -0.132. The highest BCUT2D eigenvalue weighted by atomic mass is 35.5. The van der Waals surface area contributed by atoms with Gasteiger partial charge in [-0.25, -0.2) is 0 Å². The number of hydrogen-bond donors (Lipinski definition) is 1. The molecule has 0 atom stereocenters. The van der Waals surface area contributed by atoms with Gasteiger partial charge in [0.2, 0.25) is 5.91 Å². The summed E-state index contributed by atoms with van der Waals surface area (Å²) in [5, 5.41) is 2.41. The van der Waals surface area contributed by atoms with Gasteiger partial charge in [-0.05, 0) is 60.4 Å². The van der Waals surface area contributed by atoms with E-state index >= 15 is 0 Å². The summed E-state index contributed by atoms with van der Waals surface area (Å²) >= 11 is 18.3. The number of nitrogens with zero attached hydrogens (tertiary/aromatic N) is 2. The maximum atomic E-state index is 13.8. The van der Waals surface area contributed by atoms with Gasteiger partial charge < -0.3 is 19.5 Å². The van der Waals surface area contributed by atoms with Gasteiger partial charge in [0.15, 0.2) is 0 Å². The molecule has 3 aromatic carbocycles. The van der Waals surface area contributed by atoms with Crippen molar-refractivity contribution >= 4 is 57.5 Å². The Labute approximate surface area is 243 Å². The van der Waals surface area contributed by atoms with E-state index in [1.807, 2.05) is 48.7 Å². The van der Waals surface area contributed by atoms with E-state index in [2.05, 4.69) is 11.1 Å². The van der Waals surface area contributed by atoms with Crippen LogP contribution in [0, 0.1) is 0 Å². The first-order chi connectivity index (χ1) is 18.9. The third kappa shape index (κ3) is 7.76. The predicted octanol–water partition coefficient (Wildman–Crippen LogP) is 6.88. The largest absolute Gasteiger partial charge is 0.385 e. The summed E-state index contributed by atoms with van der Waals surface area (Å²) in [6.07, 6.45) is 3.23. The molecule has 39 heavy (non-hydrogen) atoms. The van der Waals surface area contributed by atoms with Gasteiger partial charge in [-0.1, -0.05) is 65.1 Å². The van der Waals surface area contributed by atoms with Crippen molar-refractivity contribution in [2.75, 3.05) is 33.4 Å². The number of carbonyl (C=O) groups is 2. The van der Waals surface area contributed by atoms with Crippen LogP contribution in [0.5, 0.6) is 0 Å². The number of hydrogen-bond acceptors (Lipinski definition) is 3. The second-order valence-corrected chi connectivity index (χ2v) is 10.5. The monoisotopic (exact) mass is 585 g/mol. The molecule has 4 aromatic rings. The van der Waals surface area contributed by atoms with Crippen molar-refractivity contribution in [3.8, 4) is 0 Å². The molecule has 0 saturated carbocycles. The number of aromatic nitrogens is 1. The molecule has 0 spiro atoms. The molecule has 0 aliphatic rings. The van der Waals surface area contributed by atoms with E-state index in [0.29, 0.717) is 54.7 Å². The topological polar surface area (TPSA) is 65.6 Å². The van der Waals surface area contributed by atoms with Gasteiger partial charge in [0.25, 0.3) is 5.91 Å². The van der Waals surface area contributed by atoms with Gasteiger partial charge >= 0.3 is 0 Å². The van der Waals surface area contributed by atoms with Gasteiger partial charge in [0.1, 0.15) is 6.54 Å². The number of fused-ring (bicyclic) bond motifs is 1. The van der Waals surface area contributed by atoms with Crippen LogP contribution < -0.4 is 0 Å². The van der Waals surface area contributed by atoms with Crippen LogP contribution in [-0.4, -0.2) is 59.9 Å². The number of nitrogens with one attached hydrogen (secondary N) is 1.